The molecule has 0 radical (unpaired) electrons. The highest BCUT2D eigenvalue weighted by Gasteiger charge is 2.14. The van der Waals surface area contributed by atoms with Gasteiger partial charge in [-0.15, -0.1) is 0 Å². The Morgan fingerprint density at radius 2 is 1.22 bits per heavy atom. The van der Waals surface area contributed by atoms with Crippen molar-refractivity contribution in [3.63, 3.8) is 0 Å². The second kappa shape index (κ2) is 8.23. The van der Waals surface area contributed by atoms with Gasteiger partial charge in [0, 0.05) is 24.0 Å². The van der Waals surface area contributed by atoms with E-state index in [4.69, 9.17) is 16.5 Å². The lowest BCUT2D eigenvalue weighted by Crippen LogP contribution is -2.00. The summed E-state index contributed by atoms with van der Waals surface area (Å²) in [6.45, 7) is 0. The molecule has 0 spiro atoms. The molecule has 5 aromatic rings. The third-order valence-electron chi connectivity index (χ3n) is 5.98. The topological polar surface area (TPSA) is 69.9 Å². The van der Waals surface area contributed by atoms with Gasteiger partial charge in [0.1, 0.15) is 5.82 Å². The molecule has 0 unspecified atom stereocenters. The van der Waals surface area contributed by atoms with Gasteiger partial charge in [-0.25, -0.2) is 4.98 Å². The van der Waals surface area contributed by atoms with Crippen LogP contribution >= 0.6 is 0 Å². The predicted octanol–water partition coefficient (Wildman–Crippen LogP) is 5.59. The number of benzene rings is 4. The molecule has 0 aliphatic rings. The van der Waals surface area contributed by atoms with E-state index in [0.29, 0.717) is 0 Å². The summed E-state index contributed by atoms with van der Waals surface area (Å²) in [4.78, 5) is 4.99. The number of nitrogen functional groups attached to an aromatic ring is 2. The molecule has 4 N–H and O–H groups in total. The van der Waals surface area contributed by atoms with E-state index < -0.39 is 0 Å². The molecule has 1 aromatic heterocycles. The van der Waals surface area contributed by atoms with Crippen LogP contribution in [0.2, 0.25) is 0 Å². The average molecular weight is 419 g/mol. The van der Waals surface area contributed by atoms with Crippen LogP contribution in [0.5, 0.6) is 0 Å². The molecule has 4 heteroatoms. The molecule has 0 aliphatic heterocycles. The molecule has 32 heavy (non-hydrogen) atoms. The number of hydrogen-bond acceptors (Lipinski definition) is 3. The van der Waals surface area contributed by atoms with Crippen molar-refractivity contribution in [2.24, 2.45) is 7.05 Å². The number of hydrogen-bond donors (Lipinski definition) is 2. The van der Waals surface area contributed by atoms with Gasteiger partial charge in [0.05, 0.1) is 11.0 Å². The molecular weight excluding hydrogens is 392 g/mol. The Morgan fingerprint density at radius 3 is 1.78 bits per heavy atom. The van der Waals surface area contributed by atoms with E-state index >= 15 is 0 Å². The normalized spacial score (nSPS) is 11.2. The Bertz CT molecular complexity index is 1370. The molecule has 5 rings (SSSR count). The van der Waals surface area contributed by atoms with Crippen molar-refractivity contribution in [2.75, 3.05) is 11.5 Å². The summed E-state index contributed by atoms with van der Waals surface area (Å²) in [6, 6.07) is 31.1. The zero-order valence-electron chi connectivity index (χ0n) is 18.1. The van der Waals surface area contributed by atoms with Crippen LogP contribution in [0.1, 0.15) is 22.3 Å². The lowest BCUT2D eigenvalue weighted by molar-refractivity contribution is 0.957. The first kappa shape index (κ1) is 19.9. The number of aryl methyl sites for hydroxylation is 1. The molecule has 1 heterocycles. The minimum Gasteiger partial charge on any atom is -0.399 e. The molecular formula is C28H26N4. The lowest BCUT2D eigenvalue weighted by Gasteiger charge is -2.12. The summed E-state index contributed by atoms with van der Waals surface area (Å²) in [5.41, 5.74) is 21.7. The van der Waals surface area contributed by atoms with Crippen LogP contribution in [0.15, 0.2) is 91.0 Å². The lowest BCUT2D eigenvalue weighted by atomic mass is 9.94. The standard InChI is InChI=1S/C28H26N4/c1-32-27-18-23(16-20-9-13-25(30)14-10-20)22(15-19-7-11-24(29)12-8-19)17-26(27)31-28(32)21-5-3-2-4-6-21/h2-14,17-18H,15-16,29-30H2,1H3. The van der Waals surface area contributed by atoms with Gasteiger partial charge in [-0.05, 0) is 71.5 Å². The summed E-state index contributed by atoms with van der Waals surface area (Å²) in [5.74, 6) is 0.976. The maximum absolute atomic E-state index is 5.89. The molecule has 4 nitrogen and oxygen atoms in total. The summed E-state index contributed by atoms with van der Waals surface area (Å²) < 4.78 is 2.18. The van der Waals surface area contributed by atoms with E-state index in [9.17, 15) is 0 Å². The summed E-state index contributed by atoms with van der Waals surface area (Å²) in [7, 11) is 2.09. The highest BCUT2D eigenvalue weighted by Crippen LogP contribution is 2.29. The van der Waals surface area contributed by atoms with Gasteiger partial charge in [-0.2, -0.15) is 0 Å². The van der Waals surface area contributed by atoms with E-state index in [-0.39, 0.29) is 0 Å². The van der Waals surface area contributed by atoms with Crippen LogP contribution in [-0.4, -0.2) is 9.55 Å². The molecule has 0 fully saturated rings. The zero-order chi connectivity index (χ0) is 22.1. The molecule has 0 saturated heterocycles. The van der Waals surface area contributed by atoms with E-state index in [1.54, 1.807) is 0 Å². The molecule has 0 atom stereocenters. The van der Waals surface area contributed by atoms with E-state index in [2.05, 4.69) is 60.1 Å². The molecule has 0 aliphatic carbocycles. The van der Waals surface area contributed by atoms with Gasteiger partial charge in [0.2, 0.25) is 0 Å². The Balaban J connectivity index is 1.62. The van der Waals surface area contributed by atoms with Crippen molar-refractivity contribution in [1.82, 2.24) is 9.55 Å². The second-order valence-corrected chi connectivity index (χ2v) is 8.31. The van der Waals surface area contributed by atoms with Crippen LogP contribution in [0.3, 0.4) is 0 Å². The Morgan fingerprint density at radius 1 is 0.688 bits per heavy atom. The fraction of sp³-hybridized carbons (Fsp3) is 0.107. The first-order valence-corrected chi connectivity index (χ1v) is 10.8. The number of nitrogens with two attached hydrogens (primary N) is 2. The Kier molecular flexibility index (Phi) is 5.12. The van der Waals surface area contributed by atoms with Crippen molar-refractivity contribution < 1.29 is 0 Å². The molecule has 4 aromatic carbocycles. The number of rotatable bonds is 5. The first-order valence-electron chi connectivity index (χ1n) is 10.8. The average Bonchev–Trinajstić information content (AvgIpc) is 3.13. The first-order chi connectivity index (χ1) is 15.6. The summed E-state index contributed by atoms with van der Waals surface area (Å²) in [6.07, 6.45) is 1.67. The monoisotopic (exact) mass is 418 g/mol. The summed E-state index contributed by atoms with van der Waals surface area (Å²) >= 11 is 0. The van der Waals surface area contributed by atoms with Gasteiger partial charge in [-0.1, -0.05) is 54.6 Å². The summed E-state index contributed by atoms with van der Waals surface area (Å²) in [5, 5.41) is 0. The largest absolute Gasteiger partial charge is 0.399 e. The van der Waals surface area contributed by atoms with E-state index in [1.165, 1.54) is 22.3 Å². The van der Waals surface area contributed by atoms with Crippen LogP contribution in [0.25, 0.3) is 22.4 Å². The Labute approximate surface area is 188 Å². The Hall–Kier alpha value is -4.05. The highest BCUT2D eigenvalue weighted by atomic mass is 15.1. The minimum absolute atomic E-state index is 0.781. The van der Waals surface area contributed by atoms with Gasteiger partial charge in [0.15, 0.2) is 0 Å². The molecule has 0 saturated carbocycles. The number of anilines is 2. The zero-order valence-corrected chi connectivity index (χ0v) is 18.1. The van der Waals surface area contributed by atoms with Crippen LogP contribution < -0.4 is 11.5 Å². The SMILES string of the molecule is Cn1c(-c2ccccc2)nc2cc(Cc3ccc(N)cc3)c(Cc3ccc(N)cc3)cc21. The number of fused-ring (bicyclic) bond motifs is 1. The smallest absolute Gasteiger partial charge is 0.140 e. The van der Waals surface area contributed by atoms with Crippen LogP contribution in [0.4, 0.5) is 11.4 Å². The maximum atomic E-state index is 5.89. The van der Waals surface area contributed by atoms with Gasteiger partial charge in [-0.3, -0.25) is 0 Å². The number of nitrogens with zero attached hydrogens (tertiary/aromatic N) is 2. The maximum Gasteiger partial charge on any atom is 0.140 e. The van der Waals surface area contributed by atoms with E-state index in [1.807, 2.05) is 42.5 Å². The predicted molar refractivity (Wildman–Crippen MR) is 133 cm³/mol. The third kappa shape index (κ3) is 3.95. The van der Waals surface area contributed by atoms with Crippen molar-refractivity contribution in [3.8, 4) is 11.4 Å². The quantitative estimate of drug-likeness (QED) is 0.366. The van der Waals surface area contributed by atoms with Gasteiger partial charge < -0.3 is 16.0 Å². The molecule has 0 amide bonds. The fourth-order valence-electron chi connectivity index (χ4n) is 4.21. The molecule has 158 valence electrons. The molecule has 0 bridgehead atoms. The number of aromatic nitrogens is 2. The van der Waals surface area contributed by atoms with Crippen molar-refractivity contribution in [1.29, 1.82) is 0 Å². The van der Waals surface area contributed by atoms with Crippen LogP contribution in [-0.2, 0) is 19.9 Å². The van der Waals surface area contributed by atoms with Gasteiger partial charge >= 0.3 is 0 Å². The minimum atomic E-state index is 0.781. The van der Waals surface area contributed by atoms with Crippen molar-refractivity contribution in [3.05, 3.63) is 113 Å². The van der Waals surface area contributed by atoms with Crippen LogP contribution in [0, 0.1) is 0 Å². The van der Waals surface area contributed by atoms with Crippen molar-refractivity contribution in [2.45, 2.75) is 12.8 Å². The third-order valence-corrected chi connectivity index (χ3v) is 5.98. The van der Waals surface area contributed by atoms with E-state index in [0.717, 1.165) is 46.6 Å². The van der Waals surface area contributed by atoms with Crippen molar-refractivity contribution >= 4 is 22.4 Å². The highest BCUT2D eigenvalue weighted by molar-refractivity contribution is 5.82. The fourth-order valence-corrected chi connectivity index (χ4v) is 4.21. The second-order valence-electron chi connectivity index (χ2n) is 8.31. The van der Waals surface area contributed by atoms with Gasteiger partial charge in [0.25, 0.3) is 0 Å². The number of imidazole rings is 1.